The van der Waals surface area contributed by atoms with Gasteiger partial charge < -0.3 is 25.3 Å². The van der Waals surface area contributed by atoms with Crippen molar-refractivity contribution in [3.05, 3.63) is 47.3 Å². The summed E-state index contributed by atoms with van der Waals surface area (Å²) in [5.74, 6) is -2.11. The fraction of sp³-hybridized carbons (Fsp3) is 0.440. The van der Waals surface area contributed by atoms with Crippen LogP contribution in [0.4, 0.5) is 33.5 Å². The Hall–Kier alpha value is -3.41. The number of halogens is 5. The first kappa shape index (κ1) is 26.6. The van der Waals surface area contributed by atoms with Gasteiger partial charge in [0, 0.05) is 43.0 Å². The van der Waals surface area contributed by atoms with Crippen LogP contribution in [0.25, 0.3) is 10.9 Å². The third-order valence-corrected chi connectivity index (χ3v) is 6.16. The van der Waals surface area contributed by atoms with Crippen LogP contribution in [0.15, 0.2) is 30.3 Å². The Kier molecular flexibility index (Phi) is 7.31. The molecule has 1 saturated carbocycles. The average Bonchev–Trinajstić information content (AvgIpc) is 2.81. The van der Waals surface area contributed by atoms with Gasteiger partial charge in [-0.3, -0.25) is 0 Å². The fourth-order valence-corrected chi connectivity index (χ4v) is 4.18. The summed E-state index contributed by atoms with van der Waals surface area (Å²) < 4.78 is 83.4. The number of hydrogen-bond donors (Lipinski definition) is 2. The first-order valence-corrected chi connectivity index (χ1v) is 11.5. The zero-order chi connectivity index (χ0) is 27.0. The van der Waals surface area contributed by atoms with Crippen molar-refractivity contribution in [3.63, 3.8) is 0 Å². The van der Waals surface area contributed by atoms with Gasteiger partial charge in [0.25, 0.3) is 0 Å². The molecule has 1 aliphatic rings. The number of aromatic nitrogens is 2. The summed E-state index contributed by atoms with van der Waals surface area (Å²) in [5.41, 5.74) is 5.51. The molecule has 0 amide bonds. The van der Waals surface area contributed by atoms with Gasteiger partial charge in [0.05, 0.1) is 30.8 Å². The summed E-state index contributed by atoms with van der Waals surface area (Å²) in [5, 5.41) is 3.60. The molecule has 3 aromatic rings. The van der Waals surface area contributed by atoms with E-state index in [-0.39, 0.29) is 42.3 Å². The standard InChI is InChI=1S/C25H27F5N4O3/c1-13(14-6-16(25(28,29)30)8-17(31)7-14)32-23-18-9-21(37-5-4-35-2)20(36-3)10-19(18)33-22(34-23)15-11-24(26,27)12-15/h6-10,13,15H,4-5,11-12,31H2,1-3H3,(H,32,33,34). The molecule has 12 heteroatoms. The number of benzene rings is 2. The quantitative estimate of drug-likeness (QED) is 0.202. The van der Waals surface area contributed by atoms with Gasteiger partial charge in [-0.25, -0.2) is 18.7 Å². The van der Waals surface area contributed by atoms with Crippen molar-refractivity contribution in [2.75, 3.05) is 38.5 Å². The summed E-state index contributed by atoms with van der Waals surface area (Å²) in [6, 6.07) is 5.88. The predicted octanol–water partition coefficient (Wildman–Crippen LogP) is 5.95. The molecule has 0 radical (unpaired) electrons. The van der Waals surface area contributed by atoms with Crippen LogP contribution in [-0.2, 0) is 10.9 Å². The molecule has 1 unspecified atom stereocenters. The van der Waals surface area contributed by atoms with Crippen LogP contribution in [0.1, 0.15) is 48.7 Å². The van der Waals surface area contributed by atoms with Crippen LogP contribution in [0, 0.1) is 0 Å². The van der Waals surface area contributed by atoms with Gasteiger partial charge in [0.15, 0.2) is 11.5 Å². The van der Waals surface area contributed by atoms with E-state index in [9.17, 15) is 22.0 Å². The number of methoxy groups -OCH3 is 2. The molecule has 4 rings (SSSR count). The van der Waals surface area contributed by atoms with Crippen molar-refractivity contribution in [2.45, 2.75) is 43.8 Å². The van der Waals surface area contributed by atoms with E-state index in [1.807, 2.05) is 0 Å². The monoisotopic (exact) mass is 526 g/mol. The molecule has 2 aromatic carbocycles. The van der Waals surface area contributed by atoms with E-state index in [0.717, 1.165) is 12.1 Å². The molecule has 200 valence electrons. The van der Waals surface area contributed by atoms with Gasteiger partial charge in [-0.1, -0.05) is 0 Å². The molecule has 1 heterocycles. The fourth-order valence-electron chi connectivity index (χ4n) is 4.18. The van der Waals surface area contributed by atoms with E-state index in [4.69, 9.17) is 19.9 Å². The van der Waals surface area contributed by atoms with Crippen LogP contribution in [0.5, 0.6) is 11.5 Å². The summed E-state index contributed by atoms with van der Waals surface area (Å²) >= 11 is 0. The lowest BCUT2D eigenvalue weighted by Gasteiger charge is -2.34. The highest BCUT2D eigenvalue weighted by atomic mass is 19.4. The van der Waals surface area contributed by atoms with Crippen molar-refractivity contribution in [1.29, 1.82) is 0 Å². The van der Waals surface area contributed by atoms with Crippen LogP contribution < -0.4 is 20.5 Å². The zero-order valence-electron chi connectivity index (χ0n) is 20.5. The van der Waals surface area contributed by atoms with Gasteiger partial charge >= 0.3 is 6.18 Å². The zero-order valence-corrected chi connectivity index (χ0v) is 20.5. The third-order valence-electron chi connectivity index (χ3n) is 6.16. The van der Waals surface area contributed by atoms with Crippen LogP contribution in [-0.4, -0.2) is 43.3 Å². The van der Waals surface area contributed by atoms with Crippen molar-refractivity contribution >= 4 is 22.4 Å². The Morgan fingerprint density at radius 3 is 2.41 bits per heavy atom. The van der Waals surface area contributed by atoms with Gasteiger partial charge in [-0.15, -0.1) is 0 Å². The SMILES string of the molecule is COCCOc1cc2c(NC(C)c3cc(N)cc(C(F)(F)F)c3)nc(C3CC(F)(F)C3)nc2cc1OC. The van der Waals surface area contributed by atoms with Crippen molar-refractivity contribution < 1.29 is 36.2 Å². The first-order chi connectivity index (χ1) is 17.4. The molecule has 1 fully saturated rings. The smallest absolute Gasteiger partial charge is 0.416 e. The summed E-state index contributed by atoms with van der Waals surface area (Å²) in [7, 11) is 2.99. The highest BCUT2D eigenvalue weighted by Crippen LogP contribution is 2.48. The number of nitrogen functional groups attached to an aromatic ring is 1. The molecular weight excluding hydrogens is 499 g/mol. The van der Waals surface area contributed by atoms with E-state index in [1.54, 1.807) is 19.1 Å². The largest absolute Gasteiger partial charge is 0.493 e. The molecule has 7 nitrogen and oxygen atoms in total. The minimum Gasteiger partial charge on any atom is -0.493 e. The molecule has 0 spiro atoms. The Morgan fingerprint density at radius 2 is 1.78 bits per heavy atom. The van der Waals surface area contributed by atoms with Gasteiger partial charge in [-0.05, 0) is 36.8 Å². The van der Waals surface area contributed by atoms with E-state index in [2.05, 4.69) is 15.3 Å². The number of fused-ring (bicyclic) bond motifs is 1. The number of rotatable bonds is 9. The van der Waals surface area contributed by atoms with Crippen LogP contribution in [0.2, 0.25) is 0 Å². The topological polar surface area (TPSA) is 91.5 Å². The van der Waals surface area contributed by atoms with Crippen molar-refractivity contribution in [2.24, 2.45) is 0 Å². The van der Waals surface area contributed by atoms with Gasteiger partial charge in [0.1, 0.15) is 18.2 Å². The van der Waals surface area contributed by atoms with Crippen molar-refractivity contribution in [1.82, 2.24) is 9.97 Å². The first-order valence-electron chi connectivity index (χ1n) is 11.5. The number of nitrogens with zero attached hydrogens (tertiary/aromatic N) is 2. The number of alkyl halides is 5. The second-order valence-electron chi connectivity index (χ2n) is 9.01. The van der Waals surface area contributed by atoms with Crippen molar-refractivity contribution in [3.8, 4) is 11.5 Å². The summed E-state index contributed by atoms with van der Waals surface area (Å²) in [4.78, 5) is 9.01. The van der Waals surface area contributed by atoms with E-state index in [1.165, 1.54) is 20.3 Å². The lowest BCUT2D eigenvalue weighted by Crippen LogP contribution is -2.34. The second-order valence-corrected chi connectivity index (χ2v) is 9.01. The van der Waals surface area contributed by atoms with Gasteiger partial charge in [-0.2, -0.15) is 13.2 Å². The van der Waals surface area contributed by atoms with E-state index < -0.39 is 29.6 Å². The predicted molar refractivity (Wildman–Crippen MR) is 128 cm³/mol. The van der Waals surface area contributed by atoms with Gasteiger partial charge in [0.2, 0.25) is 5.92 Å². The molecule has 0 saturated heterocycles. The van der Waals surface area contributed by atoms with E-state index >= 15 is 0 Å². The summed E-state index contributed by atoms with van der Waals surface area (Å²) in [6.45, 7) is 2.21. The lowest BCUT2D eigenvalue weighted by atomic mass is 9.80. The maximum atomic E-state index is 13.6. The third kappa shape index (κ3) is 5.95. The molecule has 0 aliphatic heterocycles. The maximum Gasteiger partial charge on any atom is 0.416 e. The molecule has 37 heavy (non-hydrogen) atoms. The molecule has 1 aliphatic carbocycles. The van der Waals surface area contributed by atoms with Crippen LogP contribution >= 0.6 is 0 Å². The second kappa shape index (κ2) is 10.2. The number of anilines is 2. The Morgan fingerprint density at radius 1 is 1.05 bits per heavy atom. The highest BCUT2D eigenvalue weighted by Gasteiger charge is 2.47. The Labute approximate surface area is 210 Å². The number of ether oxygens (including phenoxy) is 3. The Bertz CT molecular complexity index is 1280. The van der Waals surface area contributed by atoms with E-state index in [0.29, 0.717) is 29.0 Å². The molecule has 0 bridgehead atoms. The number of hydrogen-bond acceptors (Lipinski definition) is 7. The normalized spacial score (nSPS) is 16.3. The molecular formula is C25H27F5N4O3. The molecule has 1 aromatic heterocycles. The summed E-state index contributed by atoms with van der Waals surface area (Å²) in [6.07, 6.45) is -5.33. The Balaban J connectivity index is 1.76. The molecule has 1 atom stereocenters. The lowest BCUT2D eigenvalue weighted by molar-refractivity contribution is -0.137. The maximum absolute atomic E-state index is 13.6. The average molecular weight is 527 g/mol. The number of nitrogens with two attached hydrogens (primary N) is 1. The minimum absolute atomic E-state index is 0.0398. The minimum atomic E-state index is -4.57. The highest BCUT2D eigenvalue weighted by molar-refractivity contribution is 5.92. The van der Waals surface area contributed by atoms with Crippen LogP contribution in [0.3, 0.4) is 0 Å². The number of nitrogens with one attached hydrogen (secondary N) is 1. The molecule has 3 N–H and O–H groups in total.